The number of nitrogens with zero attached hydrogens (tertiary/aromatic N) is 1. The second-order valence-electron chi connectivity index (χ2n) is 5.57. The van der Waals surface area contributed by atoms with Crippen LogP contribution in [0.2, 0.25) is 0 Å². The van der Waals surface area contributed by atoms with Crippen molar-refractivity contribution in [3.63, 3.8) is 0 Å². The Balaban J connectivity index is 1.85. The number of aromatic amines is 1. The maximum absolute atomic E-state index is 12.0. The first-order valence-electron chi connectivity index (χ1n) is 7.38. The van der Waals surface area contributed by atoms with Crippen LogP contribution in [0.4, 0.5) is 0 Å². The van der Waals surface area contributed by atoms with Gasteiger partial charge in [0, 0.05) is 16.7 Å². The summed E-state index contributed by atoms with van der Waals surface area (Å²) in [6, 6.07) is 9.69. The Morgan fingerprint density at radius 3 is 2.83 bits per heavy atom. The average Bonchev–Trinajstić information content (AvgIpc) is 2.96. The van der Waals surface area contributed by atoms with Crippen molar-refractivity contribution >= 4 is 11.8 Å². The zero-order valence-corrected chi connectivity index (χ0v) is 13.5. The van der Waals surface area contributed by atoms with E-state index in [1.165, 1.54) is 22.5 Å². The van der Waals surface area contributed by atoms with E-state index >= 15 is 0 Å². The fourth-order valence-electron chi connectivity index (χ4n) is 2.63. The molecule has 0 radical (unpaired) electrons. The zero-order valence-electron chi connectivity index (χ0n) is 12.7. The van der Waals surface area contributed by atoms with Gasteiger partial charge in [-0.15, -0.1) is 0 Å². The average molecular weight is 334 g/mol. The van der Waals surface area contributed by atoms with Crippen molar-refractivity contribution in [3.8, 4) is 0 Å². The minimum Gasteiger partial charge on any atom is -0.392 e. The lowest BCUT2D eigenvalue weighted by Crippen LogP contribution is -2.35. The van der Waals surface area contributed by atoms with Crippen molar-refractivity contribution in [3.05, 3.63) is 62.9 Å². The third-order valence-electron chi connectivity index (χ3n) is 3.87. The number of rotatable bonds is 4. The predicted molar refractivity (Wildman–Crippen MR) is 87.5 cm³/mol. The van der Waals surface area contributed by atoms with Gasteiger partial charge in [0.25, 0.3) is 5.56 Å². The Morgan fingerprint density at radius 1 is 1.39 bits per heavy atom. The van der Waals surface area contributed by atoms with Crippen molar-refractivity contribution in [2.24, 2.45) is 0 Å². The Kier molecular flexibility index (Phi) is 4.43. The summed E-state index contributed by atoms with van der Waals surface area (Å²) < 4.78 is 7.41. The summed E-state index contributed by atoms with van der Waals surface area (Å²) in [5.74, 6) is 0. The van der Waals surface area contributed by atoms with Crippen LogP contribution in [-0.2, 0) is 4.74 Å². The van der Waals surface area contributed by atoms with E-state index in [9.17, 15) is 14.7 Å². The molecule has 2 heterocycles. The number of aliphatic hydroxyl groups is 1. The van der Waals surface area contributed by atoms with E-state index in [0.717, 1.165) is 4.90 Å². The van der Waals surface area contributed by atoms with E-state index in [-0.39, 0.29) is 6.61 Å². The van der Waals surface area contributed by atoms with Gasteiger partial charge in [0.05, 0.1) is 6.61 Å². The molecule has 0 aliphatic carbocycles. The van der Waals surface area contributed by atoms with Crippen LogP contribution in [0.5, 0.6) is 0 Å². The molecule has 0 bridgehead atoms. The monoisotopic (exact) mass is 334 g/mol. The zero-order chi connectivity index (χ0) is 16.4. The lowest BCUT2D eigenvalue weighted by atomic mass is 10.2. The molecule has 0 unspecified atom stereocenters. The second-order valence-corrected chi connectivity index (χ2v) is 6.99. The molecule has 2 N–H and O–H groups in total. The number of hydrogen-bond acceptors (Lipinski definition) is 5. The maximum Gasteiger partial charge on any atom is 0.330 e. The van der Waals surface area contributed by atoms with Gasteiger partial charge in [-0.3, -0.25) is 14.3 Å². The molecule has 1 saturated heterocycles. The molecule has 1 fully saturated rings. The van der Waals surface area contributed by atoms with Crippen molar-refractivity contribution in [1.82, 2.24) is 9.55 Å². The van der Waals surface area contributed by atoms with E-state index in [2.05, 4.69) is 4.98 Å². The summed E-state index contributed by atoms with van der Waals surface area (Å²) in [5.41, 5.74) is -0.439. The molecule has 0 amide bonds. The number of thioether (sulfide) groups is 1. The molecule has 7 heteroatoms. The van der Waals surface area contributed by atoms with Crippen LogP contribution >= 0.6 is 11.8 Å². The normalized spacial score (nSPS) is 24.0. The van der Waals surface area contributed by atoms with Gasteiger partial charge in [-0.05, 0) is 31.9 Å². The van der Waals surface area contributed by atoms with Crippen LogP contribution in [-0.4, -0.2) is 26.2 Å². The van der Waals surface area contributed by atoms with Gasteiger partial charge in [-0.1, -0.05) is 30.0 Å². The Bertz CT molecular complexity index is 802. The summed E-state index contributed by atoms with van der Waals surface area (Å²) in [6.07, 6.45) is 2.21. The third-order valence-corrected chi connectivity index (χ3v) is 5.18. The first-order valence-corrected chi connectivity index (χ1v) is 8.19. The lowest BCUT2D eigenvalue weighted by Gasteiger charge is -2.27. The van der Waals surface area contributed by atoms with Crippen molar-refractivity contribution in [1.29, 1.82) is 0 Å². The largest absolute Gasteiger partial charge is 0.392 e. The van der Waals surface area contributed by atoms with Gasteiger partial charge < -0.3 is 9.84 Å². The quantitative estimate of drug-likeness (QED) is 0.888. The van der Waals surface area contributed by atoms with Crippen LogP contribution in [0.1, 0.15) is 24.6 Å². The highest BCUT2D eigenvalue weighted by Gasteiger charge is 2.42. The molecule has 6 nitrogen and oxygen atoms in total. The van der Waals surface area contributed by atoms with E-state index in [4.69, 9.17) is 4.74 Å². The van der Waals surface area contributed by atoms with Gasteiger partial charge in [0.1, 0.15) is 11.2 Å². The molecule has 1 aromatic heterocycles. The number of ether oxygens (including phenoxy) is 1. The molecule has 122 valence electrons. The lowest BCUT2D eigenvalue weighted by molar-refractivity contribution is -0.0452. The molecule has 3 rings (SSSR count). The number of H-pyrrole nitrogens is 1. The first-order chi connectivity index (χ1) is 11.0. The van der Waals surface area contributed by atoms with Crippen LogP contribution in [0.3, 0.4) is 0 Å². The SMILES string of the molecule is Cc1cn([C@H]2CC[C@](CO)(Sc3ccccc3)O2)c(=O)[nH]c1=O. The van der Waals surface area contributed by atoms with Crippen molar-refractivity contribution in [2.75, 3.05) is 6.61 Å². The van der Waals surface area contributed by atoms with Gasteiger partial charge in [0.15, 0.2) is 0 Å². The highest BCUT2D eigenvalue weighted by atomic mass is 32.2. The number of benzene rings is 1. The highest BCUT2D eigenvalue weighted by Crippen LogP contribution is 2.46. The van der Waals surface area contributed by atoms with Crippen LogP contribution < -0.4 is 11.2 Å². The molecule has 1 aliphatic rings. The number of aryl methyl sites for hydroxylation is 1. The Hall–Kier alpha value is -1.83. The van der Waals surface area contributed by atoms with Crippen LogP contribution in [0.15, 0.2) is 51.0 Å². The smallest absolute Gasteiger partial charge is 0.330 e. The minimum atomic E-state index is -0.782. The molecule has 1 aliphatic heterocycles. The first kappa shape index (κ1) is 16.0. The molecule has 0 saturated carbocycles. The third kappa shape index (κ3) is 3.26. The number of aromatic nitrogens is 2. The van der Waals surface area contributed by atoms with Gasteiger partial charge in [-0.2, -0.15) is 0 Å². The summed E-state index contributed by atoms with van der Waals surface area (Å²) in [5, 5.41) is 9.82. The Labute approximate surface area is 137 Å². The Morgan fingerprint density at radius 2 is 2.13 bits per heavy atom. The summed E-state index contributed by atoms with van der Waals surface area (Å²) in [7, 11) is 0. The van der Waals surface area contributed by atoms with Crippen LogP contribution in [0, 0.1) is 6.92 Å². The summed E-state index contributed by atoms with van der Waals surface area (Å²) >= 11 is 1.45. The van der Waals surface area contributed by atoms with Gasteiger partial charge in [-0.25, -0.2) is 4.79 Å². The van der Waals surface area contributed by atoms with E-state index in [1.54, 1.807) is 6.92 Å². The molecular formula is C16H18N2O4S. The molecular weight excluding hydrogens is 316 g/mol. The topological polar surface area (TPSA) is 84.3 Å². The number of hydrogen-bond donors (Lipinski definition) is 2. The van der Waals surface area contributed by atoms with Gasteiger partial charge >= 0.3 is 5.69 Å². The fraction of sp³-hybridized carbons (Fsp3) is 0.375. The number of aliphatic hydroxyl groups excluding tert-OH is 1. The number of nitrogens with one attached hydrogen (secondary N) is 1. The standard InChI is InChI=1S/C16H18N2O4S/c1-11-9-18(15(21)17-14(11)20)13-7-8-16(10-19,22-13)23-12-5-3-2-4-6-12/h2-6,9,13,19H,7-8,10H2,1H3,(H,17,20,21)/t13-,16-/m1/s1. The predicted octanol–water partition coefficient (Wildman–Crippen LogP) is 1.63. The van der Waals surface area contributed by atoms with Crippen LogP contribution in [0.25, 0.3) is 0 Å². The second kappa shape index (κ2) is 6.35. The van der Waals surface area contributed by atoms with Crippen molar-refractivity contribution < 1.29 is 9.84 Å². The molecule has 0 spiro atoms. The van der Waals surface area contributed by atoms with Gasteiger partial charge in [0.2, 0.25) is 0 Å². The maximum atomic E-state index is 12.0. The molecule has 2 aromatic rings. The van der Waals surface area contributed by atoms with Crippen molar-refractivity contribution in [2.45, 2.75) is 35.8 Å². The molecule has 23 heavy (non-hydrogen) atoms. The summed E-state index contributed by atoms with van der Waals surface area (Å²) in [4.78, 5) is 26.0. The highest BCUT2D eigenvalue weighted by molar-refractivity contribution is 8.00. The molecule has 1 aromatic carbocycles. The minimum absolute atomic E-state index is 0.153. The fourth-order valence-corrected chi connectivity index (χ4v) is 3.80. The van der Waals surface area contributed by atoms with E-state index < -0.39 is 22.4 Å². The van der Waals surface area contributed by atoms with E-state index in [0.29, 0.717) is 18.4 Å². The summed E-state index contributed by atoms with van der Waals surface area (Å²) in [6.45, 7) is 1.49. The van der Waals surface area contributed by atoms with E-state index in [1.807, 2.05) is 30.3 Å². The molecule has 2 atom stereocenters.